The molecule has 19 heavy (non-hydrogen) atoms. The van der Waals surface area contributed by atoms with Crippen LogP contribution in [0.1, 0.15) is 33.6 Å². The number of hydrogen-bond donors (Lipinski definition) is 1. The smallest absolute Gasteiger partial charge is 0.0894 e. The number of rotatable bonds is 13. The van der Waals surface area contributed by atoms with E-state index in [0.29, 0.717) is 45.4 Å². The van der Waals surface area contributed by atoms with Gasteiger partial charge in [-0.2, -0.15) is 0 Å². The maximum Gasteiger partial charge on any atom is 0.0894 e. The Morgan fingerprint density at radius 2 is 1.74 bits per heavy atom. The van der Waals surface area contributed by atoms with Gasteiger partial charge in [-0.15, -0.1) is 0 Å². The Labute approximate surface area is 116 Å². The Morgan fingerprint density at radius 1 is 1.00 bits per heavy atom. The Balaban J connectivity index is 3.31. The van der Waals surface area contributed by atoms with Crippen molar-refractivity contribution < 1.29 is 18.6 Å². The van der Waals surface area contributed by atoms with Crippen molar-refractivity contribution in [2.45, 2.75) is 45.8 Å². The molecule has 4 nitrogen and oxygen atoms in total. The van der Waals surface area contributed by atoms with Gasteiger partial charge in [-0.1, -0.05) is 6.92 Å². The summed E-state index contributed by atoms with van der Waals surface area (Å²) in [6.45, 7) is 8.59. The third-order valence-electron chi connectivity index (χ3n) is 2.60. The molecule has 0 rings (SSSR count). The summed E-state index contributed by atoms with van der Waals surface area (Å²) in [6.07, 6.45) is 1.54. The van der Waals surface area contributed by atoms with E-state index in [4.69, 9.17) is 19.9 Å². The lowest BCUT2D eigenvalue weighted by Gasteiger charge is -2.16. The van der Waals surface area contributed by atoms with E-state index in [1.54, 1.807) is 0 Å². The first-order chi connectivity index (χ1) is 9.06. The largest absolute Gasteiger partial charge is 0.378 e. The van der Waals surface area contributed by atoms with Crippen LogP contribution in [-0.4, -0.2) is 51.9 Å². The van der Waals surface area contributed by atoms with Crippen LogP contribution in [0.2, 0.25) is 0 Å². The average molecular weight is 279 g/mol. The Morgan fingerprint density at radius 3 is 2.37 bits per heavy atom. The molecule has 3 atom stereocenters. The van der Waals surface area contributed by atoms with Gasteiger partial charge in [-0.05, 0) is 32.6 Å². The number of alkyl halides is 1. The van der Waals surface area contributed by atoms with E-state index in [0.717, 1.165) is 6.42 Å². The van der Waals surface area contributed by atoms with E-state index in [2.05, 4.69) is 6.92 Å². The van der Waals surface area contributed by atoms with Crippen LogP contribution in [0.3, 0.4) is 0 Å². The van der Waals surface area contributed by atoms with Crippen molar-refractivity contribution in [3.05, 3.63) is 0 Å². The number of nitrogens with two attached hydrogens (primary N) is 1. The minimum Gasteiger partial charge on any atom is -0.378 e. The van der Waals surface area contributed by atoms with Gasteiger partial charge in [0.1, 0.15) is 0 Å². The maximum atomic E-state index is 12.0. The molecule has 2 N–H and O–H groups in total. The lowest BCUT2D eigenvalue weighted by molar-refractivity contribution is -0.0358. The minimum absolute atomic E-state index is 0.0484. The van der Waals surface area contributed by atoms with Crippen molar-refractivity contribution in [3.63, 3.8) is 0 Å². The molecular weight excluding hydrogens is 249 g/mol. The van der Waals surface area contributed by atoms with Crippen molar-refractivity contribution in [2.24, 2.45) is 11.7 Å². The van der Waals surface area contributed by atoms with Gasteiger partial charge in [-0.25, -0.2) is 0 Å². The van der Waals surface area contributed by atoms with Gasteiger partial charge in [0.05, 0.1) is 39.2 Å². The van der Waals surface area contributed by atoms with Crippen LogP contribution >= 0.6 is 0 Å². The Bertz CT molecular complexity index is 194. The highest BCUT2D eigenvalue weighted by molar-refractivity contribution is 4.54. The van der Waals surface area contributed by atoms with Crippen LogP contribution in [0.25, 0.3) is 0 Å². The summed E-state index contributed by atoms with van der Waals surface area (Å²) in [4.78, 5) is 0. The van der Waals surface area contributed by atoms with Crippen LogP contribution in [0.15, 0.2) is 0 Å². The molecule has 116 valence electrons. The summed E-state index contributed by atoms with van der Waals surface area (Å²) >= 11 is 0. The van der Waals surface area contributed by atoms with Gasteiger partial charge in [-0.3, -0.25) is 4.39 Å². The summed E-state index contributed by atoms with van der Waals surface area (Å²) in [5.74, 6) is 0.400. The fraction of sp³-hybridized carbons (Fsp3) is 1.00. The van der Waals surface area contributed by atoms with E-state index >= 15 is 0 Å². The monoisotopic (exact) mass is 279 g/mol. The fourth-order valence-corrected chi connectivity index (χ4v) is 1.57. The average Bonchev–Trinajstić information content (AvgIpc) is 2.35. The van der Waals surface area contributed by atoms with Gasteiger partial charge in [0.15, 0.2) is 0 Å². The van der Waals surface area contributed by atoms with Crippen LogP contribution in [-0.2, 0) is 14.2 Å². The molecule has 3 unspecified atom stereocenters. The second-order valence-electron chi connectivity index (χ2n) is 5.21. The van der Waals surface area contributed by atoms with Crippen LogP contribution in [0.5, 0.6) is 0 Å². The van der Waals surface area contributed by atoms with Crippen molar-refractivity contribution >= 4 is 0 Å². The first-order valence-electron chi connectivity index (χ1n) is 7.14. The highest BCUT2D eigenvalue weighted by Crippen LogP contribution is 2.06. The van der Waals surface area contributed by atoms with Crippen LogP contribution in [0.4, 0.5) is 4.39 Å². The second-order valence-corrected chi connectivity index (χ2v) is 5.21. The van der Waals surface area contributed by atoms with Crippen LogP contribution < -0.4 is 5.73 Å². The van der Waals surface area contributed by atoms with Gasteiger partial charge in [0, 0.05) is 12.6 Å². The van der Waals surface area contributed by atoms with Crippen molar-refractivity contribution in [1.29, 1.82) is 0 Å². The molecule has 0 bridgehead atoms. The molecular formula is C14H30FNO3. The molecule has 0 aliphatic carbocycles. The lowest BCUT2D eigenvalue weighted by Crippen LogP contribution is -2.24. The molecule has 0 saturated carbocycles. The minimum atomic E-state index is -0.245. The quantitative estimate of drug-likeness (QED) is 0.525. The maximum absolute atomic E-state index is 12.0. The van der Waals surface area contributed by atoms with E-state index < -0.39 is 0 Å². The van der Waals surface area contributed by atoms with E-state index in [9.17, 15) is 4.39 Å². The summed E-state index contributed by atoms with van der Waals surface area (Å²) in [5, 5.41) is 0. The zero-order chi connectivity index (χ0) is 14.5. The van der Waals surface area contributed by atoms with Gasteiger partial charge in [0.25, 0.3) is 0 Å². The predicted molar refractivity (Wildman–Crippen MR) is 75.1 cm³/mol. The van der Waals surface area contributed by atoms with E-state index in [1.165, 1.54) is 0 Å². The highest BCUT2D eigenvalue weighted by Gasteiger charge is 2.06. The second kappa shape index (κ2) is 12.8. The Hall–Kier alpha value is -0.230. The predicted octanol–water partition coefficient (Wildman–Crippen LogP) is 2.16. The molecule has 0 aromatic carbocycles. The molecule has 0 heterocycles. The summed E-state index contributed by atoms with van der Waals surface area (Å²) in [5.41, 5.74) is 5.55. The third-order valence-corrected chi connectivity index (χ3v) is 2.60. The summed E-state index contributed by atoms with van der Waals surface area (Å²) in [7, 11) is 0. The molecule has 0 aromatic rings. The number of ether oxygens (including phenoxy) is 3. The first-order valence-corrected chi connectivity index (χ1v) is 7.14. The molecule has 0 aliphatic heterocycles. The molecule has 0 spiro atoms. The topological polar surface area (TPSA) is 53.7 Å². The molecule has 0 radical (unpaired) electrons. The van der Waals surface area contributed by atoms with Crippen molar-refractivity contribution in [3.8, 4) is 0 Å². The molecule has 5 heteroatoms. The number of hydrogen-bond acceptors (Lipinski definition) is 4. The zero-order valence-corrected chi connectivity index (χ0v) is 12.6. The first kappa shape index (κ1) is 18.8. The molecule has 0 amide bonds. The van der Waals surface area contributed by atoms with E-state index in [-0.39, 0.29) is 18.8 Å². The fourth-order valence-electron chi connectivity index (χ4n) is 1.57. The lowest BCUT2D eigenvalue weighted by atomic mass is 10.1. The molecule has 0 fully saturated rings. The Kier molecular flexibility index (Phi) is 12.6. The normalized spacial score (nSPS) is 16.3. The molecule has 0 saturated heterocycles. The standard InChI is InChI=1S/C14H30FNO3/c1-12(5-4-6-15)9-18-11-14(3)19-8-7-17-10-13(2)16/h12-14H,4-11,16H2,1-3H3. The van der Waals surface area contributed by atoms with Gasteiger partial charge < -0.3 is 19.9 Å². The van der Waals surface area contributed by atoms with Crippen molar-refractivity contribution in [1.82, 2.24) is 0 Å². The van der Waals surface area contributed by atoms with Gasteiger partial charge >= 0.3 is 0 Å². The number of halogens is 1. The summed E-state index contributed by atoms with van der Waals surface area (Å²) < 4.78 is 28.4. The third kappa shape index (κ3) is 14.0. The van der Waals surface area contributed by atoms with Crippen LogP contribution in [0, 0.1) is 5.92 Å². The summed E-state index contributed by atoms with van der Waals surface area (Å²) in [6, 6.07) is 0.0616. The molecule has 0 aromatic heterocycles. The molecule has 0 aliphatic rings. The highest BCUT2D eigenvalue weighted by atomic mass is 19.1. The SMILES string of the molecule is CC(N)COCCOC(C)COCC(C)CCCF. The van der Waals surface area contributed by atoms with Gasteiger partial charge in [0.2, 0.25) is 0 Å². The zero-order valence-electron chi connectivity index (χ0n) is 12.6. The van der Waals surface area contributed by atoms with E-state index in [1.807, 2.05) is 13.8 Å². The van der Waals surface area contributed by atoms with Crippen molar-refractivity contribution in [2.75, 3.05) is 39.7 Å².